The molecule has 7 nitrogen and oxygen atoms in total. The van der Waals surface area contributed by atoms with Gasteiger partial charge in [-0.2, -0.15) is 0 Å². The summed E-state index contributed by atoms with van der Waals surface area (Å²) < 4.78 is 29.2. The van der Waals surface area contributed by atoms with Crippen LogP contribution < -0.4 is 9.80 Å². The zero-order valence-electron chi connectivity index (χ0n) is 17.4. The number of rotatable bonds is 5. The molecule has 1 aliphatic rings. The van der Waals surface area contributed by atoms with Gasteiger partial charge in [0.05, 0.1) is 11.9 Å². The second kappa shape index (κ2) is 7.99. The molecule has 1 fully saturated rings. The van der Waals surface area contributed by atoms with E-state index in [1.807, 2.05) is 18.2 Å². The van der Waals surface area contributed by atoms with Gasteiger partial charge < -0.3 is 4.90 Å². The van der Waals surface area contributed by atoms with E-state index in [0.29, 0.717) is 30.2 Å². The lowest BCUT2D eigenvalue weighted by molar-refractivity contribution is -0.117. The van der Waals surface area contributed by atoms with Crippen molar-refractivity contribution in [2.24, 2.45) is 0 Å². The van der Waals surface area contributed by atoms with Gasteiger partial charge in [0.15, 0.2) is 5.65 Å². The van der Waals surface area contributed by atoms with Crippen molar-refractivity contribution in [2.75, 3.05) is 23.4 Å². The van der Waals surface area contributed by atoms with Crippen molar-refractivity contribution < 1.29 is 13.6 Å². The molecule has 4 heterocycles. The molecule has 0 atom stereocenters. The average Bonchev–Trinajstić information content (AvgIpc) is 3.42. The largest absolute Gasteiger partial charge is 0.354 e. The van der Waals surface area contributed by atoms with E-state index in [4.69, 9.17) is 0 Å². The average molecular weight is 434 g/mol. The fraction of sp³-hybridized carbons (Fsp3) is 0.217. The first-order valence-electron chi connectivity index (χ1n) is 10.3. The maximum absolute atomic E-state index is 14.0. The molecule has 32 heavy (non-hydrogen) atoms. The monoisotopic (exact) mass is 434 g/mol. The van der Waals surface area contributed by atoms with Crippen LogP contribution in [0.4, 0.5) is 20.4 Å². The van der Waals surface area contributed by atoms with Gasteiger partial charge in [-0.25, -0.2) is 23.3 Å². The number of nitrogens with zero attached hydrogens (tertiary/aromatic N) is 6. The summed E-state index contributed by atoms with van der Waals surface area (Å²) in [5.74, 6) is 0.347. The van der Waals surface area contributed by atoms with Crippen molar-refractivity contribution in [3.05, 3.63) is 72.1 Å². The van der Waals surface area contributed by atoms with Crippen molar-refractivity contribution in [3.63, 3.8) is 0 Å². The summed E-state index contributed by atoms with van der Waals surface area (Å²) in [6, 6.07) is 10.7. The van der Waals surface area contributed by atoms with Gasteiger partial charge in [0.1, 0.15) is 23.3 Å². The molecule has 0 N–H and O–H groups in total. The third kappa shape index (κ3) is 3.66. The SMILES string of the molecule is CN(Cc1cc(F)ccc1F)c1ccc2ncc(-c3ccc(N4CCCC4=O)nc3)n2n1. The Balaban J connectivity index is 1.43. The molecular formula is C23H20F2N6O. The van der Waals surface area contributed by atoms with E-state index < -0.39 is 11.6 Å². The summed E-state index contributed by atoms with van der Waals surface area (Å²) in [7, 11) is 1.76. The number of fused-ring (bicyclic) bond motifs is 1. The standard InChI is InChI=1S/C23H20F2N6O/c1-29(14-16-11-17(24)5-6-18(16)25)22-9-8-21-27-13-19(31(21)28-22)15-4-7-20(26-12-15)30-10-2-3-23(30)32/h4-9,11-13H,2-3,10,14H2,1H3. The maximum atomic E-state index is 14.0. The molecule has 1 saturated heterocycles. The summed E-state index contributed by atoms with van der Waals surface area (Å²) in [6.45, 7) is 0.843. The van der Waals surface area contributed by atoms with Gasteiger partial charge in [0.25, 0.3) is 0 Å². The number of hydrogen-bond donors (Lipinski definition) is 0. The minimum absolute atomic E-state index is 0.0872. The number of carbonyl (C=O) groups excluding carboxylic acids is 1. The second-order valence-electron chi connectivity index (χ2n) is 7.75. The van der Waals surface area contributed by atoms with Gasteiger partial charge in [-0.1, -0.05) is 0 Å². The van der Waals surface area contributed by atoms with Crippen molar-refractivity contribution in [2.45, 2.75) is 19.4 Å². The first-order chi connectivity index (χ1) is 15.5. The van der Waals surface area contributed by atoms with E-state index in [-0.39, 0.29) is 18.0 Å². The molecule has 0 bridgehead atoms. The molecule has 1 aliphatic heterocycles. The van der Waals surface area contributed by atoms with Crippen LogP contribution in [0, 0.1) is 11.6 Å². The van der Waals surface area contributed by atoms with Gasteiger partial charge in [0, 0.05) is 43.9 Å². The second-order valence-corrected chi connectivity index (χ2v) is 7.75. The van der Waals surface area contributed by atoms with Crippen molar-refractivity contribution >= 4 is 23.2 Å². The fourth-order valence-electron chi connectivity index (χ4n) is 3.85. The third-order valence-corrected chi connectivity index (χ3v) is 5.55. The molecule has 0 radical (unpaired) electrons. The minimum atomic E-state index is -0.485. The minimum Gasteiger partial charge on any atom is -0.354 e. The van der Waals surface area contributed by atoms with Crippen LogP contribution in [-0.4, -0.2) is 39.1 Å². The summed E-state index contributed by atoms with van der Waals surface area (Å²) in [5.41, 5.74) is 2.43. The highest BCUT2D eigenvalue weighted by atomic mass is 19.1. The number of halogens is 2. The van der Waals surface area contributed by atoms with Crippen LogP contribution in [0.3, 0.4) is 0 Å². The topological polar surface area (TPSA) is 66.6 Å². The van der Waals surface area contributed by atoms with Crippen LogP contribution >= 0.6 is 0 Å². The quantitative estimate of drug-likeness (QED) is 0.478. The molecule has 162 valence electrons. The smallest absolute Gasteiger partial charge is 0.228 e. The Hall–Kier alpha value is -3.88. The van der Waals surface area contributed by atoms with Gasteiger partial charge in [0.2, 0.25) is 5.91 Å². The van der Waals surface area contributed by atoms with Crippen LogP contribution in [-0.2, 0) is 11.3 Å². The molecule has 1 aromatic carbocycles. The first-order valence-corrected chi connectivity index (χ1v) is 10.3. The number of pyridine rings is 1. The molecule has 1 amide bonds. The Morgan fingerprint density at radius 2 is 1.94 bits per heavy atom. The first kappa shape index (κ1) is 20.0. The maximum Gasteiger partial charge on any atom is 0.228 e. The predicted octanol–water partition coefficient (Wildman–Crippen LogP) is 3.83. The number of amides is 1. The fourth-order valence-corrected chi connectivity index (χ4v) is 3.85. The number of benzene rings is 1. The number of hydrogen-bond acceptors (Lipinski definition) is 5. The molecule has 9 heteroatoms. The summed E-state index contributed by atoms with van der Waals surface area (Å²) in [5, 5.41) is 4.64. The third-order valence-electron chi connectivity index (χ3n) is 5.55. The Kier molecular flexibility index (Phi) is 5.01. The van der Waals surface area contributed by atoms with E-state index >= 15 is 0 Å². The van der Waals surface area contributed by atoms with Crippen molar-refractivity contribution in [1.82, 2.24) is 19.6 Å². The van der Waals surface area contributed by atoms with Gasteiger partial charge >= 0.3 is 0 Å². The molecular weight excluding hydrogens is 414 g/mol. The van der Waals surface area contributed by atoms with Crippen molar-refractivity contribution in [1.29, 1.82) is 0 Å². The molecule has 0 unspecified atom stereocenters. The van der Waals surface area contributed by atoms with Crippen LogP contribution in [0.5, 0.6) is 0 Å². The van der Waals surface area contributed by atoms with Gasteiger partial charge in [-0.15, -0.1) is 5.10 Å². The van der Waals surface area contributed by atoms with E-state index in [0.717, 1.165) is 29.8 Å². The Labute approximate surface area is 182 Å². The lowest BCUT2D eigenvalue weighted by Gasteiger charge is -2.19. The lowest BCUT2D eigenvalue weighted by atomic mass is 10.2. The zero-order valence-corrected chi connectivity index (χ0v) is 17.4. The van der Waals surface area contributed by atoms with E-state index in [1.165, 1.54) is 6.07 Å². The highest BCUT2D eigenvalue weighted by Gasteiger charge is 2.22. The molecule has 4 aromatic rings. The molecule has 5 rings (SSSR count). The normalized spacial score (nSPS) is 13.8. The predicted molar refractivity (Wildman–Crippen MR) is 116 cm³/mol. The molecule has 0 aliphatic carbocycles. The lowest BCUT2D eigenvalue weighted by Crippen LogP contribution is -2.24. The Morgan fingerprint density at radius 3 is 2.69 bits per heavy atom. The van der Waals surface area contributed by atoms with Crippen LogP contribution in [0.1, 0.15) is 18.4 Å². The van der Waals surface area contributed by atoms with Gasteiger partial charge in [-0.3, -0.25) is 9.69 Å². The van der Waals surface area contributed by atoms with Crippen LogP contribution in [0.2, 0.25) is 0 Å². The van der Waals surface area contributed by atoms with E-state index in [1.54, 1.807) is 39.8 Å². The molecule has 0 saturated carbocycles. The highest BCUT2D eigenvalue weighted by Crippen LogP contribution is 2.25. The zero-order chi connectivity index (χ0) is 22.2. The van der Waals surface area contributed by atoms with E-state index in [9.17, 15) is 13.6 Å². The summed E-state index contributed by atoms with van der Waals surface area (Å²) in [6.07, 6.45) is 4.80. The number of carbonyl (C=O) groups is 1. The van der Waals surface area contributed by atoms with Gasteiger partial charge in [-0.05, 0) is 48.9 Å². The van der Waals surface area contributed by atoms with Crippen LogP contribution in [0.25, 0.3) is 16.9 Å². The summed E-state index contributed by atoms with van der Waals surface area (Å²) >= 11 is 0. The number of aromatic nitrogens is 4. The number of imidazole rings is 1. The van der Waals surface area contributed by atoms with Crippen LogP contribution in [0.15, 0.2) is 54.9 Å². The molecule has 3 aromatic heterocycles. The van der Waals surface area contributed by atoms with E-state index in [2.05, 4.69) is 15.1 Å². The number of anilines is 2. The Bertz CT molecular complexity index is 1300. The van der Waals surface area contributed by atoms with Crippen molar-refractivity contribution in [3.8, 4) is 11.3 Å². The summed E-state index contributed by atoms with van der Waals surface area (Å²) in [4.78, 5) is 24.2. The Morgan fingerprint density at radius 1 is 1.06 bits per heavy atom. The highest BCUT2D eigenvalue weighted by molar-refractivity contribution is 5.94. The molecule has 0 spiro atoms.